The highest BCUT2D eigenvalue weighted by Gasteiger charge is 2.51. The largest absolute Gasteiger partial charge is 0.466 e. The minimum Gasteiger partial charge on any atom is -0.466 e. The van der Waals surface area contributed by atoms with E-state index in [0.717, 1.165) is 37.0 Å². The lowest BCUT2D eigenvalue weighted by molar-refractivity contribution is -0.162. The van der Waals surface area contributed by atoms with E-state index in [-0.39, 0.29) is 21.8 Å². The Labute approximate surface area is 216 Å². The lowest BCUT2D eigenvalue weighted by Crippen LogP contribution is -2.52. The van der Waals surface area contributed by atoms with Gasteiger partial charge in [0, 0.05) is 18.9 Å². The van der Waals surface area contributed by atoms with Gasteiger partial charge in [0.25, 0.3) is 0 Å². The summed E-state index contributed by atoms with van der Waals surface area (Å²) in [5.41, 5.74) is 1.10. The van der Waals surface area contributed by atoms with E-state index in [4.69, 9.17) is 37.4 Å². The number of nitrogens with zero attached hydrogens (tertiary/aromatic N) is 1. The zero-order valence-corrected chi connectivity index (χ0v) is 21.6. The van der Waals surface area contributed by atoms with Crippen LogP contribution in [0.5, 0.6) is 0 Å². The van der Waals surface area contributed by atoms with Crippen molar-refractivity contribution >= 4 is 35.1 Å². The number of ether oxygens (including phenoxy) is 3. The summed E-state index contributed by atoms with van der Waals surface area (Å²) in [6, 6.07) is 5.14. The standard InChI is InChI=1S/C27H31Cl2NO5/c1-33-25(31)20-14-30(6-7-35-27-11-16-8-17(12-27)10-18(9-16)13-27)15-21(26(32)34-2)23(20)19-4-3-5-22(28)24(19)29/h3-5,14-18,23H,6-13H2,1-2H3. The molecule has 0 amide bonds. The van der Waals surface area contributed by atoms with Gasteiger partial charge in [0.1, 0.15) is 0 Å². The van der Waals surface area contributed by atoms with Crippen LogP contribution < -0.4 is 0 Å². The maximum Gasteiger partial charge on any atom is 0.336 e. The lowest BCUT2D eigenvalue weighted by Gasteiger charge is -2.56. The highest BCUT2D eigenvalue weighted by atomic mass is 35.5. The third kappa shape index (κ3) is 4.73. The molecule has 6 rings (SSSR count). The topological polar surface area (TPSA) is 65.1 Å². The van der Waals surface area contributed by atoms with Crippen molar-refractivity contribution < 1.29 is 23.8 Å². The summed E-state index contributed by atoms with van der Waals surface area (Å²) in [7, 11) is 2.63. The number of rotatable bonds is 7. The molecule has 4 aliphatic carbocycles. The van der Waals surface area contributed by atoms with Crippen molar-refractivity contribution in [1.29, 1.82) is 0 Å². The molecule has 8 heteroatoms. The van der Waals surface area contributed by atoms with Gasteiger partial charge in [0.2, 0.25) is 0 Å². The monoisotopic (exact) mass is 519 g/mol. The van der Waals surface area contributed by atoms with Gasteiger partial charge in [-0.3, -0.25) is 0 Å². The molecule has 1 aromatic carbocycles. The van der Waals surface area contributed by atoms with Gasteiger partial charge >= 0.3 is 11.9 Å². The van der Waals surface area contributed by atoms with E-state index in [1.54, 1.807) is 30.6 Å². The smallest absolute Gasteiger partial charge is 0.336 e. The predicted octanol–water partition coefficient (Wildman–Crippen LogP) is 5.49. The number of carbonyl (C=O) groups excluding carboxylic acids is 2. The molecule has 4 saturated carbocycles. The molecule has 0 aromatic heterocycles. The molecule has 4 bridgehead atoms. The van der Waals surface area contributed by atoms with Crippen LogP contribution in [0.4, 0.5) is 0 Å². The fraction of sp³-hybridized carbons (Fsp3) is 0.556. The van der Waals surface area contributed by atoms with Gasteiger partial charge in [0.05, 0.1) is 53.5 Å². The van der Waals surface area contributed by atoms with Gasteiger partial charge in [-0.05, 0) is 67.9 Å². The molecule has 1 heterocycles. The third-order valence-electron chi connectivity index (χ3n) is 8.11. The van der Waals surface area contributed by atoms with Crippen LogP contribution in [0, 0.1) is 17.8 Å². The zero-order valence-electron chi connectivity index (χ0n) is 20.1. The Morgan fingerprint density at radius 3 is 2.00 bits per heavy atom. The van der Waals surface area contributed by atoms with Crippen LogP contribution in [-0.2, 0) is 23.8 Å². The van der Waals surface area contributed by atoms with Crippen molar-refractivity contribution in [2.75, 3.05) is 27.4 Å². The first-order valence-electron chi connectivity index (χ1n) is 12.3. The Hall–Kier alpha value is -2.02. The van der Waals surface area contributed by atoms with Gasteiger partial charge in [-0.2, -0.15) is 0 Å². The van der Waals surface area contributed by atoms with Gasteiger partial charge < -0.3 is 19.1 Å². The second-order valence-electron chi connectivity index (χ2n) is 10.4. The normalized spacial score (nSPS) is 29.6. The van der Waals surface area contributed by atoms with Crippen LogP contribution >= 0.6 is 23.2 Å². The van der Waals surface area contributed by atoms with Gasteiger partial charge in [0.15, 0.2) is 0 Å². The summed E-state index contributed by atoms with van der Waals surface area (Å²) in [6.45, 7) is 1.00. The van der Waals surface area contributed by atoms with E-state index in [0.29, 0.717) is 23.7 Å². The van der Waals surface area contributed by atoms with Crippen LogP contribution in [0.1, 0.15) is 50.0 Å². The Morgan fingerprint density at radius 1 is 0.943 bits per heavy atom. The molecule has 35 heavy (non-hydrogen) atoms. The van der Waals surface area contributed by atoms with Crippen molar-refractivity contribution in [3.05, 3.63) is 57.4 Å². The molecule has 4 fully saturated rings. The van der Waals surface area contributed by atoms with E-state index in [1.807, 2.05) is 4.90 Å². The number of hydrogen-bond acceptors (Lipinski definition) is 6. The van der Waals surface area contributed by atoms with Gasteiger partial charge in [-0.25, -0.2) is 9.59 Å². The molecule has 5 aliphatic rings. The van der Waals surface area contributed by atoms with Crippen LogP contribution in [0.15, 0.2) is 41.7 Å². The van der Waals surface area contributed by atoms with Gasteiger partial charge in [-0.1, -0.05) is 35.3 Å². The zero-order chi connectivity index (χ0) is 24.7. The van der Waals surface area contributed by atoms with Crippen LogP contribution in [-0.4, -0.2) is 49.8 Å². The Kier molecular flexibility index (Phi) is 6.90. The van der Waals surface area contributed by atoms with Crippen molar-refractivity contribution in [3.63, 3.8) is 0 Å². The minimum atomic E-state index is -0.763. The molecule has 0 atom stereocenters. The molecule has 188 valence electrons. The average Bonchev–Trinajstić information content (AvgIpc) is 2.83. The summed E-state index contributed by atoms with van der Waals surface area (Å²) >= 11 is 12.7. The summed E-state index contributed by atoms with van der Waals surface area (Å²) in [5, 5.41) is 0.617. The van der Waals surface area contributed by atoms with E-state index in [9.17, 15) is 9.59 Å². The molecule has 6 nitrogen and oxygen atoms in total. The molecule has 0 saturated heterocycles. The van der Waals surface area contributed by atoms with Crippen molar-refractivity contribution in [1.82, 2.24) is 4.90 Å². The van der Waals surface area contributed by atoms with E-state index < -0.39 is 17.9 Å². The summed E-state index contributed by atoms with van der Waals surface area (Å²) in [6.07, 6.45) is 11.0. The second kappa shape index (κ2) is 9.79. The Balaban J connectivity index is 1.39. The summed E-state index contributed by atoms with van der Waals surface area (Å²) in [5.74, 6) is 0.546. The van der Waals surface area contributed by atoms with Crippen molar-refractivity contribution in [3.8, 4) is 0 Å². The first kappa shape index (κ1) is 24.7. The van der Waals surface area contributed by atoms with Crippen molar-refractivity contribution in [2.45, 2.75) is 50.0 Å². The average molecular weight is 520 g/mol. The van der Waals surface area contributed by atoms with Crippen LogP contribution in [0.25, 0.3) is 0 Å². The molecule has 0 radical (unpaired) electrons. The van der Waals surface area contributed by atoms with Crippen LogP contribution in [0.3, 0.4) is 0 Å². The number of methoxy groups -OCH3 is 2. The summed E-state index contributed by atoms with van der Waals surface area (Å²) in [4.78, 5) is 27.5. The Morgan fingerprint density at radius 2 is 1.49 bits per heavy atom. The van der Waals surface area contributed by atoms with Crippen LogP contribution in [0.2, 0.25) is 10.0 Å². The molecule has 0 spiro atoms. The SMILES string of the molecule is COC(=O)C1=CN(CCOC23CC4CC(CC(C4)C2)C3)C=C(C(=O)OC)C1c1cccc(Cl)c1Cl. The second-order valence-corrected chi connectivity index (χ2v) is 11.2. The molecule has 1 aliphatic heterocycles. The highest BCUT2D eigenvalue weighted by Crippen LogP contribution is 2.57. The minimum absolute atomic E-state index is 0.00876. The summed E-state index contributed by atoms with van der Waals surface area (Å²) < 4.78 is 16.7. The molecular weight excluding hydrogens is 489 g/mol. The van der Waals surface area contributed by atoms with Crippen molar-refractivity contribution in [2.24, 2.45) is 17.8 Å². The number of benzene rings is 1. The highest BCUT2D eigenvalue weighted by molar-refractivity contribution is 6.42. The van der Waals surface area contributed by atoms with E-state index >= 15 is 0 Å². The third-order valence-corrected chi connectivity index (χ3v) is 8.94. The molecule has 0 unspecified atom stereocenters. The Bertz CT molecular complexity index is 1010. The van der Waals surface area contributed by atoms with E-state index in [2.05, 4.69) is 0 Å². The number of halogens is 2. The molecule has 0 N–H and O–H groups in total. The maximum absolute atomic E-state index is 12.8. The number of carbonyl (C=O) groups is 2. The molecule has 1 aromatic rings. The number of hydrogen-bond donors (Lipinski definition) is 0. The fourth-order valence-electron chi connectivity index (χ4n) is 7.07. The first-order chi connectivity index (χ1) is 16.8. The number of esters is 2. The lowest BCUT2D eigenvalue weighted by atomic mass is 9.54. The quantitative estimate of drug-likeness (QED) is 0.443. The van der Waals surface area contributed by atoms with Gasteiger partial charge in [-0.15, -0.1) is 0 Å². The van der Waals surface area contributed by atoms with E-state index in [1.165, 1.54) is 33.5 Å². The maximum atomic E-state index is 12.8. The first-order valence-corrected chi connectivity index (χ1v) is 13.0. The predicted molar refractivity (Wildman–Crippen MR) is 133 cm³/mol. The fourth-order valence-corrected chi connectivity index (χ4v) is 7.49. The molecular formula is C27H31Cl2NO5.